The Hall–Kier alpha value is -2.11. The molecule has 0 saturated heterocycles. The van der Waals surface area contributed by atoms with Gasteiger partial charge in [-0.3, -0.25) is 4.79 Å². The lowest BCUT2D eigenvalue weighted by molar-refractivity contribution is -0.120. The average molecular weight is 275 g/mol. The summed E-state index contributed by atoms with van der Waals surface area (Å²) in [6.45, 7) is 0. The molecule has 2 heterocycles. The van der Waals surface area contributed by atoms with E-state index in [1.165, 1.54) is 12.1 Å². The van der Waals surface area contributed by atoms with Crippen LogP contribution in [0.5, 0.6) is 0 Å². The number of carbonyl (C=O) groups is 1. The minimum Gasteiger partial charge on any atom is -0.338 e. The van der Waals surface area contributed by atoms with E-state index < -0.39 is 5.82 Å². The second-order valence-corrected chi connectivity index (χ2v) is 4.94. The van der Waals surface area contributed by atoms with Crippen LogP contribution in [0.15, 0.2) is 22.9 Å². The number of carbonyl (C=O) groups excluding carboxylic acids is 1. The Morgan fingerprint density at radius 3 is 2.95 bits per heavy atom. The van der Waals surface area contributed by atoms with Crippen molar-refractivity contribution in [3.05, 3.63) is 30.0 Å². The average Bonchev–Trinajstić information content (AvgIpc) is 2.83. The topological polar surface area (TPSA) is 68.9 Å². The van der Waals surface area contributed by atoms with Gasteiger partial charge in [-0.05, 0) is 25.0 Å². The third-order valence-electron chi connectivity index (χ3n) is 3.50. The second-order valence-electron chi connectivity index (χ2n) is 4.94. The number of nitrogens with zero attached hydrogens (tertiary/aromatic N) is 3. The SMILES string of the molecule is O=C1CCCCCC1c1nc(-c2ccc(F)cn2)no1. The summed E-state index contributed by atoms with van der Waals surface area (Å²) >= 11 is 0. The van der Waals surface area contributed by atoms with Gasteiger partial charge >= 0.3 is 0 Å². The highest BCUT2D eigenvalue weighted by atomic mass is 19.1. The van der Waals surface area contributed by atoms with Crippen molar-refractivity contribution in [3.8, 4) is 11.5 Å². The van der Waals surface area contributed by atoms with Crippen LogP contribution in [0, 0.1) is 5.82 Å². The van der Waals surface area contributed by atoms with Gasteiger partial charge in [0.1, 0.15) is 17.3 Å². The fourth-order valence-electron chi connectivity index (χ4n) is 2.41. The van der Waals surface area contributed by atoms with Crippen molar-refractivity contribution in [1.82, 2.24) is 15.1 Å². The molecule has 2 aromatic rings. The number of rotatable bonds is 2. The molecule has 6 heteroatoms. The molecule has 104 valence electrons. The number of Topliss-reactive ketones (excluding diaryl/α,β-unsaturated/α-hetero) is 1. The number of aromatic nitrogens is 3. The molecular weight excluding hydrogens is 261 g/mol. The maximum absolute atomic E-state index is 12.8. The maximum atomic E-state index is 12.8. The minimum atomic E-state index is -0.420. The van der Waals surface area contributed by atoms with Crippen LogP contribution in [0.1, 0.15) is 43.9 Å². The van der Waals surface area contributed by atoms with Crippen LogP contribution in [0.3, 0.4) is 0 Å². The Morgan fingerprint density at radius 1 is 1.25 bits per heavy atom. The van der Waals surface area contributed by atoms with E-state index in [-0.39, 0.29) is 17.5 Å². The lowest BCUT2D eigenvalue weighted by Crippen LogP contribution is -2.10. The van der Waals surface area contributed by atoms with E-state index in [2.05, 4.69) is 15.1 Å². The Morgan fingerprint density at radius 2 is 2.15 bits per heavy atom. The molecule has 0 aromatic carbocycles. The number of pyridine rings is 1. The van der Waals surface area contributed by atoms with Gasteiger partial charge < -0.3 is 4.52 Å². The first-order valence-corrected chi connectivity index (χ1v) is 6.72. The molecule has 1 fully saturated rings. The molecule has 0 spiro atoms. The first-order chi connectivity index (χ1) is 9.74. The fraction of sp³-hybridized carbons (Fsp3) is 0.429. The highest BCUT2D eigenvalue weighted by Gasteiger charge is 2.28. The Balaban J connectivity index is 1.85. The molecule has 0 radical (unpaired) electrons. The van der Waals surface area contributed by atoms with Crippen molar-refractivity contribution in [2.24, 2.45) is 0 Å². The molecule has 2 aromatic heterocycles. The van der Waals surface area contributed by atoms with Gasteiger partial charge in [-0.25, -0.2) is 9.37 Å². The molecule has 0 bridgehead atoms. The van der Waals surface area contributed by atoms with E-state index in [0.29, 0.717) is 18.0 Å². The predicted octanol–water partition coefficient (Wildman–Crippen LogP) is 2.89. The number of hydrogen-bond acceptors (Lipinski definition) is 5. The summed E-state index contributed by atoms with van der Waals surface area (Å²) in [6.07, 6.45) is 5.39. The summed E-state index contributed by atoms with van der Waals surface area (Å²) in [4.78, 5) is 20.2. The van der Waals surface area contributed by atoms with Gasteiger partial charge in [0.2, 0.25) is 11.7 Å². The Kier molecular flexibility index (Phi) is 3.54. The van der Waals surface area contributed by atoms with Gasteiger partial charge in [-0.15, -0.1) is 0 Å². The summed E-state index contributed by atoms with van der Waals surface area (Å²) in [5, 5.41) is 3.83. The standard InChI is InChI=1S/C14H14FN3O2/c15-9-6-7-11(16-8-9)13-17-14(20-18-13)10-4-2-1-3-5-12(10)19/h6-8,10H,1-5H2. The van der Waals surface area contributed by atoms with Crippen LogP contribution in [0.25, 0.3) is 11.5 Å². The summed E-state index contributed by atoms with van der Waals surface area (Å²) in [5.41, 5.74) is 0.433. The lowest BCUT2D eigenvalue weighted by atomic mass is 9.99. The van der Waals surface area contributed by atoms with Crippen molar-refractivity contribution in [2.75, 3.05) is 0 Å². The fourth-order valence-corrected chi connectivity index (χ4v) is 2.41. The van der Waals surface area contributed by atoms with E-state index in [0.717, 1.165) is 31.9 Å². The summed E-state index contributed by atoms with van der Waals surface area (Å²) in [5.74, 6) is 0.0652. The van der Waals surface area contributed by atoms with Crippen molar-refractivity contribution in [1.29, 1.82) is 0 Å². The van der Waals surface area contributed by atoms with Crippen LogP contribution < -0.4 is 0 Å². The van der Waals surface area contributed by atoms with E-state index in [4.69, 9.17) is 4.52 Å². The van der Waals surface area contributed by atoms with Crippen LogP contribution in [0.4, 0.5) is 4.39 Å². The van der Waals surface area contributed by atoms with Crippen molar-refractivity contribution >= 4 is 5.78 Å². The van der Waals surface area contributed by atoms with Crippen LogP contribution in [0.2, 0.25) is 0 Å². The number of ketones is 1. The minimum absolute atomic E-state index is 0.157. The van der Waals surface area contributed by atoms with Crippen LogP contribution in [-0.2, 0) is 4.79 Å². The normalized spacial score (nSPS) is 19.9. The van der Waals surface area contributed by atoms with Gasteiger partial charge in [0.25, 0.3) is 0 Å². The van der Waals surface area contributed by atoms with E-state index >= 15 is 0 Å². The van der Waals surface area contributed by atoms with Crippen molar-refractivity contribution in [2.45, 2.75) is 38.0 Å². The zero-order valence-electron chi connectivity index (χ0n) is 10.9. The third kappa shape index (κ3) is 2.59. The monoisotopic (exact) mass is 275 g/mol. The van der Waals surface area contributed by atoms with E-state index in [9.17, 15) is 9.18 Å². The molecule has 0 amide bonds. The zero-order chi connectivity index (χ0) is 13.9. The van der Waals surface area contributed by atoms with E-state index in [1.54, 1.807) is 0 Å². The molecule has 1 aliphatic rings. The maximum Gasteiger partial charge on any atom is 0.237 e. The predicted molar refractivity (Wildman–Crippen MR) is 68.3 cm³/mol. The molecule has 3 rings (SSSR count). The molecule has 1 unspecified atom stereocenters. The Labute approximate surface area is 115 Å². The quantitative estimate of drug-likeness (QED) is 0.788. The van der Waals surface area contributed by atoms with Crippen molar-refractivity contribution < 1.29 is 13.7 Å². The van der Waals surface area contributed by atoms with Gasteiger partial charge in [0.05, 0.1) is 12.1 Å². The summed E-state index contributed by atoms with van der Waals surface area (Å²) < 4.78 is 18.0. The van der Waals surface area contributed by atoms with Gasteiger partial charge in [-0.1, -0.05) is 18.0 Å². The van der Waals surface area contributed by atoms with Crippen LogP contribution >= 0.6 is 0 Å². The second kappa shape index (κ2) is 5.48. The molecular formula is C14H14FN3O2. The third-order valence-corrected chi connectivity index (χ3v) is 3.50. The van der Waals surface area contributed by atoms with Gasteiger partial charge in [0, 0.05) is 6.42 Å². The number of halogens is 1. The molecule has 20 heavy (non-hydrogen) atoms. The molecule has 1 saturated carbocycles. The largest absolute Gasteiger partial charge is 0.338 e. The van der Waals surface area contributed by atoms with Gasteiger partial charge in [0.15, 0.2) is 0 Å². The highest BCUT2D eigenvalue weighted by molar-refractivity contribution is 5.85. The molecule has 0 aliphatic heterocycles. The summed E-state index contributed by atoms with van der Waals surface area (Å²) in [6, 6.07) is 2.77. The molecule has 1 aliphatic carbocycles. The Bertz CT molecular complexity index is 609. The smallest absolute Gasteiger partial charge is 0.237 e. The molecule has 1 atom stereocenters. The molecule has 5 nitrogen and oxygen atoms in total. The van der Waals surface area contributed by atoms with Crippen LogP contribution in [-0.4, -0.2) is 20.9 Å². The highest BCUT2D eigenvalue weighted by Crippen LogP contribution is 2.29. The zero-order valence-corrected chi connectivity index (χ0v) is 10.9. The molecule has 0 N–H and O–H groups in total. The van der Waals surface area contributed by atoms with Crippen molar-refractivity contribution in [3.63, 3.8) is 0 Å². The first-order valence-electron chi connectivity index (χ1n) is 6.72. The summed E-state index contributed by atoms with van der Waals surface area (Å²) in [7, 11) is 0. The van der Waals surface area contributed by atoms with Gasteiger partial charge in [-0.2, -0.15) is 4.98 Å². The van der Waals surface area contributed by atoms with E-state index in [1.807, 2.05) is 0 Å². The first kappa shape index (κ1) is 12.9. The number of hydrogen-bond donors (Lipinski definition) is 0. The lowest BCUT2D eigenvalue weighted by Gasteiger charge is -2.06.